The van der Waals surface area contributed by atoms with Gasteiger partial charge in [-0.15, -0.1) is 0 Å². The first kappa shape index (κ1) is 16.6. The molecular formula is C24H21N3O. The van der Waals surface area contributed by atoms with Gasteiger partial charge in [0.05, 0.1) is 17.8 Å². The molecule has 138 valence electrons. The molecule has 1 aromatic heterocycles. The number of hydrogen-bond acceptors (Lipinski definition) is 2. The van der Waals surface area contributed by atoms with Crippen LogP contribution in [-0.2, 0) is 17.6 Å². The summed E-state index contributed by atoms with van der Waals surface area (Å²) >= 11 is 0. The fourth-order valence-corrected chi connectivity index (χ4v) is 4.05. The number of aromatic nitrogens is 1. The number of anilines is 3. The number of nitrogens with zero attached hydrogens (tertiary/aromatic N) is 1. The maximum Gasteiger partial charge on any atom is 0.228 e. The van der Waals surface area contributed by atoms with E-state index in [-0.39, 0.29) is 5.91 Å². The van der Waals surface area contributed by atoms with Gasteiger partial charge in [-0.1, -0.05) is 48.5 Å². The Morgan fingerprint density at radius 2 is 1.68 bits per heavy atom. The van der Waals surface area contributed by atoms with Gasteiger partial charge in [-0.05, 0) is 41.8 Å². The van der Waals surface area contributed by atoms with Gasteiger partial charge in [0.15, 0.2) is 0 Å². The zero-order chi connectivity index (χ0) is 18.9. The third-order valence-electron chi connectivity index (χ3n) is 5.38. The molecule has 0 saturated heterocycles. The predicted molar refractivity (Wildman–Crippen MR) is 114 cm³/mol. The Labute approximate surface area is 163 Å². The predicted octanol–water partition coefficient (Wildman–Crippen LogP) is 5.04. The molecule has 0 atom stereocenters. The zero-order valence-corrected chi connectivity index (χ0v) is 15.5. The molecule has 5 rings (SSSR count). The second-order valence-electron chi connectivity index (χ2n) is 7.13. The quantitative estimate of drug-likeness (QED) is 0.531. The molecule has 3 aromatic carbocycles. The van der Waals surface area contributed by atoms with Gasteiger partial charge in [-0.2, -0.15) is 0 Å². The monoisotopic (exact) mass is 367 g/mol. The second-order valence-corrected chi connectivity index (χ2v) is 7.13. The highest BCUT2D eigenvalue weighted by atomic mass is 16.1. The summed E-state index contributed by atoms with van der Waals surface area (Å²) in [4.78, 5) is 18.3. The molecule has 1 aliphatic rings. The molecule has 4 heteroatoms. The van der Waals surface area contributed by atoms with Crippen molar-refractivity contribution in [2.24, 2.45) is 0 Å². The van der Waals surface area contributed by atoms with Crippen LogP contribution in [0, 0.1) is 0 Å². The molecule has 1 aliphatic heterocycles. The average Bonchev–Trinajstić information content (AvgIpc) is 3.33. The summed E-state index contributed by atoms with van der Waals surface area (Å²) in [5.41, 5.74) is 6.53. The van der Waals surface area contributed by atoms with Gasteiger partial charge >= 0.3 is 0 Å². The topological polar surface area (TPSA) is 48.1 Å². The number of aromatic amines is 1. The van der Waals surface area contributed by atoms with Gasteiger partial charge in [-0.25, -0.2) is 0 Å². The summed E-state index contributed by atoms with van der Waals surface area (Å²) in [6.45, 7) is 0.925. The molecular weight excluding hydrogens is 346 g/mol. The van der Waals surface area contributed by atoms with E-state index in [9.17, 15) is 4.79 Å². The summed E-state index contributed by atoms with van der Waals surface area (Å²) in [5, 5.41) is 4.22. The first-order valence-corrected chi connectivity index (χ1v) is 9.59. The van der Waals surface area contributed by atoms with E-state index in [1.54, 1.807) is 0 Å². The van der Waals surface area contributed by atoms with Crippen molar-refractivity contribution in [1.29, 1.82) is 0 Å². The number of rotatable bonds is 4. The van der Waals surface area contributed by atoms with E-state index in [0.717, 1.165) is 40.8 Å². The van der Waals surface area contributed by atoms with Crippen LogP contribution in [0.5, 0.6) is 0 Å². The number of carbonyl (C=O) groups excluding carboxylic acids is 1. The van der Waals surface area contributed by atoms with Crippen molar-refractivity contribution < 1.29 is 4.79 Å². The Kier molecular flexibility index (Phi) is 4.09. The fourth-order valence-electron chi connectivity index (χ4n) is 4.05. The van der Waals surface area contributed by atoms with Crippen molar-refractivity contribution in [3.8, 4) is 0 Å². The van der Waals surface area contributed by atoms with Crippen molar-refractivity contribution in [1.82, 2.24) is 4.98 Å². The summed E-state index contributed by atoms with van der Waals surface area (Å²) in [5.74, 6) is -0.00955. The van der Waals surface area contributed by atoms with E-state index in [1.807, 2.05) is 48.7 Å². The third-order valence-corrected chi connectivity index (χ3v) is 5.38. The summed E-state index contributed by atoms with van der Waals surface area (Å²) in [6.07, 6.45) is 3.29. The number of benzene rings is 3. The molecule has 0 bridgehead atoms. The van der Waals surface area contributed by atoms with E-state index in [4.69, 9.17) is 0 Å². The van der Waals surface area contributed by atoms with Crippen molar-refractivity contribution in [3.63, 3.8) is 0 Å². The van der Waals surface area contributed by atoms with E-state index < -0.39 is 0 Å². The van der Waals surface area contributed by atoms with Crippen LogP contribution in [0.15, 0.2) is 79.0 Å². The van der Waals surface area contributed by atoms with Crippen LogP contribution in [0.4, 0.5) is 17.1 Å². The molecule has 1 amide bonds. The number of amides is 1. The number of carbonyl (C=O) groups is 1. The number of fused-ring (bicyclic) bond motifs is 2. The Balaban J connectivity index is 1.40. The number of H-pyrrole nitrogens is 1. The van der Waals surface area contributed by atoms with Crippen LogP contribution in [0.2, 0.25) is 0 Å². The lowest BCUT2D eigenvalue weighted by molar-refractivity contribution is -0.115. The molecule has 0 fully saturated rings. The van der Waals surface area contributed by atoms with Crippen molar-refractivity contribution in [3.05, 3.63) is 90.1 Å². The van der Waals surface area contributed by atoms with Crippen LogP contribution in [-0.4, -0.2) is 17.4 Å². The maximum atomic E-state index is 12.8. The summed E-state index contributed by atoms with van der Waals surface area (Å²) < 4.78 is 0. The average molecular weight is 367 g/mol. The Morgan fingerprint density at radius 3 is 2.61 bits per heavy atom. The number of para-hydroxylation sites is 4. The summed E-state index contributed by atoms with van der Waals surface area (Å²) in [6, 6.07) is 24.6. The van der Waals surface area contributed by atoms with Gasteiger partial charge in [0.25, 0.3) is 0 Å². The second kappa shape index (κ2) is 6.89. The molecule has 2 heterocycles. The highest BCUT2D eigenvalue weighted by Gasteiger charge is 2.22. The smallest absolute Gasteiger partial charge is 0.228 e. The maximum absolute atomic E-state index is 12.8. The Morgan fingerprint density at radius 1 is 0.929 bits per heavy atom. The van der Waals surface area contributed by atoms with E-state index in [0.29, 0.717) is 6.42 Å². The third kappa shape index (κ3) is 2.93. The van der Waals surface area contributed by atoms with Gasteiger partial charge in [0.1, 0.15) is 0 Å². The molecule has 4 nitrogen and oxygen atoms in total. The van der Waals surface area contributed by atoms with Crippen molar-refractivity contribution >= 4 is 33.9 Å². The molecule has 0 aliphatic carbocycles. The van der Waals surface area contributed by atoms with E-state index >= 15 is 0 Å². The minimum Gasteiger partial charge on any atom is -0.361 e. The van der Waals surface area contributed by atoms with E-state index in [1.165, 1.54) is 11.3 Å². The van der Waals surface area contributed by atoms with Gasteiger partial charge < -0.3 is 15.2 Å². The van der Waals surface area contributed by atoms with Gasteiger partial charge in [-0.3, -0.25) is 4.79 Å². The number of hydrogen-bond donors (Lipinski definition) is 2. The molecule has 0 unspecified atom stereocenters. The SMILES string of the molecule is O=C(Cc1c[nH]c2ccccc12)Nc1ccccc1N1CCc2ccccc21. The first-order chi connectivity index (χ1) is 13.8. The lowest BCUT2D eigenvalue weighted by atomic mass is 10.1. The Bertz CT molecular complexity index is 1160. The zero-order valence-electron chi connectivity index (χ0n) is 15.5. The largest absolute Gasteiger partial charge is 0.361 e. The van der Waals surface area contributed by atoms with Crippen LogP contribution < -0.4 is 10.2 Å². The number of nitrogens with one attached hydrogen (secondary N) is 2. The highest BCUT2D eigenvalue weighted by molar-refractivity contribution is 5.98. The standard InChI is InChI=1S/C24H21N3O/c28-24(15-18-16-25-20-9-3-2-8-19(18)20)26-21-10-4-6-12-23(21)27-14-13-17-7-1-5-11-22(17)27/h1-12,16,25H,13-15H2,(H,26,28). The van der Waals surface area contributed by atoms with Crippen LogP contribution in [0.3, 0.4) is 0 Å². The van der Waals surface area contributed by atoms with Crippen LogP contribution in [0.25, 0.3) is 10.9 Å². The van der Waals surface area contributed by atoms with Gasteiger partial charge in [0.2, 0.25) is 5.91 Å². The van der Waals surface area contributed by atoms with Crippen molar-refractivity contribution in [2.75, 3.05) is 16.8 Å². The van der Waals surface area contributed by atoms with E-state index in [2.05, 4.69) is 45.5 Å². The normalized spacial score (nSPS) is 12.9. The molecule has 0 spiro atoms. The molecule has 0 saturated carbocycles. The minimum absolute atomic E-state index is 0.00955. The fraction of sp³-hybridized carbons (Fsp3) is 0.125. The summed E-state index contributed by atoms with van der Waals surface area (Å²) in [7, 11) is 0. The van der Waals surface area contributed by atoms with Crippen LogP contribution in [0.1, 0.15) is 11.1 Å². The van der Waals surface area contributed by atoms with Crippen molar-refractivity contribution in [2.45, 2.75) is 12.8 Å². The molecule has 28 heavy (non-hydrogen) atoms. The Hall–Kier alpha value is -3.53. The van der Waals surface area contributed by atoms with Gasteiger partial charge in [0, 0.05) is 29.3 Å². The molecule has 4 aromatic rings. The molecule has 2 N–H and O–H groups in total. The lowest BCUT2D eigenvalue weighted by Crippen LogP contribution is -2.19. The lowest BCUT2D eigenvalue weighted by Gasteiger charge is -2.23. The van der Waals surface area contributed by atoms with Crippen LogP contribution >= 0.6 is 0 Å². The first-order valence-electron chi connectivity index (χ1n) is 9.59. The molecule has 0 radical (unpaired) electrons. The minimum atomic E-state index is -0.00955. The highest BCUT2D eigenvalue weighted by Crippen LogP contribution is 2.38.